The van der Waals surface area contributed by atoms with Crippen molar-refractivity contribution in [3.05, 3.63) is 58.4 Å². The van der Waals surface area contributed by atoms with Crippen LogP contribution in [-0.2, 0) is 13.6 Å². The Kier molecular flexibility index (Phi) is 4.23. The Labute approximate surface area is 118 Å². The number of nitrogens with zero attached hydrogens (tertiary/aromatic N) is 1. The lowest BCUT2D eigenvalue weighted by molar-refractivity contribution is 0.500. The third-order valence-electron chi connectivity index (χ3n) is 3.92. The lowest BCUT2D eigenvalue weighted by Gasteiger charge is -2.14. The largest absolute Gasteiger partial charge is 0.352 e. The lowest BCUT2D eigenvalue weighted by atomic mass is 10.1. The summed E-state index contributed by atoms with van der Waals surface area (Å²) in [6.07, 6.45) is 0. The summed E-state index contributed by atoms with van der Waals surface area (Å²) in [7, 11) is 2.03. The van der Waals surface area contributed by atoms with Crippen LogP contribution in [0.2, 0.25) is 0 Å². The second-order valence-corrected chi connectivity index (χ2v) is 5.23. The van der Waals surface area contributed by atoms with Crippen molar-refractivity contribution in [2.24, 2.45) is 7.05 Å². The highest BCUT2D eigenvalue weighted by atomic mass is 19.2. The van der Waals surface area contributed by atoms with Crippen LogP contribution in [0.5, 0.6) is 0 Å². The maximum Gasteiger partial charge on any atom is 0.159 e. The molecule has 0 aliphatic heterocycles. The Morgan fingerprint density at radius 1 is 1.15 bits per heavy atom. The number of hydrogen-bond donors (Lipinski definition) is 1. The number of hydrogen-bond acceptors (Lipinski definition) is 1. The van der Waals surface area contributed by atoms with Crippen LogP contribution in [0.3, 0.4) is 0 Å². The van der Waals surface area contributed by atoms with Crippen molar-refractivity contribution in [2.45, 2.75) is 33.4 Å². The fourth-order valence-electron chi connectivity index (χ4n) is 2.27. The van der Waals surface area contributed by atoms with Crippen molar-refractivity contribution in [1.82, 2.24) is 9.88 Å². The number of benzene rings is 1. The van der Waals surface area contributed by atoms with Gasteiger partial charge in [-0.25, -0.2) is 8.78 Å². The van der Waals surface area contributed by atoms with E-state index >= 15 is 0 Å². The maximum atomic E-state index is 13.2. The molecule has 2 rings (SSSR count). The van der Waals surface area contributed by atoms with E-state index in [1.54, 1.807) is 6.07 Å². The van der Waals surface area contributed by atoms with E-state index in [0.717, 1.165) is 5.56 Å². The molecule has 2 nitrogen and oxygen atoms in total. The van der Waals surface area contributed by atoms with Gasteiger partial charge in [0.05, 0.1) is 0 Å². The van der Waals surface area contributed by atoms with E-state index in [4.69, 9.17) is 0 Å². The first-order valence-corrected chi connectivity index (χ1v) is 6.70. The molecule has 0 aliphatic carbocycles. The summed E-state index contributed by atoms with van der Waals surface area (Å²) in [6, 6.07) is 6.13. The molecule has 0 fully saturated rings. The minimum Gasteiger partial charge on any atom is -0.352 e. The van der Waals surface area contributed by atoms with Crippen molar-refractivity contribution in [3.63, 3.8) is 0 Å². The highest BCUT2D eigenvalue weighted by Crippen LogP contribution is 2.18. The van der Waals surface area contributed by atoms with E-state index < -0.39 is 11.6 Å². The van der Waals surface area contributed by atoms with E-state index in [0.29, 0.717) is 6.54 Å². The minimum absolute atomic E-state index is 0.0370. The van der Waals surface area contributed by atoms with Gasteiger partial charge in [-0.1, -0.05) is 6.07 Å². The zero-order valence-corrected chi connectivity index (χ0v) is 12.3. The fourth-order valence-corrected chi connectivity index (χ4v) is 2.27. The predicted octanol–water partition coefficient (Wildman–Crippen LogP) is 3.77. The topological polar surface area (TPSA) is 17.0 Å². The van der Waals surface area contributed by atoms with Gasteiger partial charge in [-0.15, -0.1) is 0 Å². The van der Waals surface area contributed by atoms with Crippen LogP contribution in [0.4, 0.5) is 8.78 Å². The number of nitrogens with one attached hydrogen (secondary N) is 1. The summed E-state index contributed by atoms with van der Waals surface area (Å²) in [6.45, 7) is 6.78. The number of aromatic nitrogens is 1. The van der Waals surface area contributed by atoms with Gasteiger partial charge in [-0.05, 0) is 50.1 Å². The van der Waals surface area contributed by atoms with E-state index in [1.807, 2.05) is 14.0 Å². The average molecular weight is 278 g/mol. The Morgan fingerprint density at radius 3 is 2.40 bits per heavy atom. The molecule has 0 saturated heterocycles. The molecule has 1 heterocycles. The molecule has 0 amide bonds. The lowest BCUT2D eigenvalue weighted by Crippen LogP contribution is -2.18. The van der Waals surface area contributed by atoms with Crippen LogP contribution in [0.15, 0.2) is 24.3 Å². The zero-order chi connectivity index (χ0) is 14.9. The van der Waals surface area contributed by atoms with Crippen LogP contribution in [0.25, 0.3) is 0 Å². The Hall–Kier alpha value is -1.68. The molecule has 0 bridgehead atoms. The quantitative estimate of drug-likeness (QED) is 0.900. The van der Waals surface area contributed by atoms with Gasteiger partial charge >= 0.3 is 0 Å². The molecule has 1 aromatic heterocycles. The second kappa shape index (κ2) is 5.75. The molecule has 1 unspecified atom stereocenters. The standard InChI is InChI=1S/C16H20F2N2/c1-10-7-14(12(3)20(10)4)9-19-11(2)13-5-6-15(17)16(18)8-13/h5-8,11,19H,9H2,1-4H3. The van der Waals surface area contributed by atoms with Crippen molar-refractivity contribution in [3.8, 4) is 0 Å². The Bertz CT molecular complexity index is 617. The predicted molar refractivity (Wildman–Crippen MR) is 76.5 cm³/mol. The molecule has 0 aliphatic rings. The zero-order valence-electron chi connectivity index (χ0n) is 12.3. The monoisotopic (exact) mass is 278 g/mol. The molecule has 0 saturated carbocycles. The van der Waals surface area contributed by atoms with Gasteiger partial charge < -0.3 is 9.88 Å². The van der Waals surface area contributed by atoms with Crippen LogP contribution in [-0.4, -0.2) is 4.57 Å². The molecular formula is C16H20F2N2. The van der Waals surface area contributed by atoms with Gasteiger partial charge in [-0.3, -0.25) is 0 Å². The molecule has 0 radical (unpaired) electrons. The number of halogens is 2. The first-order chi connectivity index (χ1) is 9.40. The normalized spacial score (nSPS) is 12.7. The van der Waals surface area contributed by atoms with Crippen LogP contribution < -0.4 is 5.32 Å². The van der Waals surface area contributed by atoms with Gasteiger partial charge in [-0.2, -0.15) is 0 Å². The van der Waals surface area contributed by atoms with Gasteiger partial charge in [0.15, 0.2) is 11.6 Å². The molecule has 1 aromatic carbocycles. The van der Waals surface area contributed by atoms with Gasteiger partial charge in [0, 0.05) is 31.0 Å². The third-order valence-corrected chi connectivity index (χ3v) is 3.92. The van der Waals surface area contributed by atoms with E-state index in [1.165, 1.54) is 29.1 Å². The molecular weight excluding hydrogens is 258 g/mol. The van der Waals surface area contributed by atoms with Crippen LogP contribution in [0, 0.1) is 25.5 Å². The molecule has 4 heteroatoms. The van der Waals surface area contributed by atoms with Crippen LogP contribution >= 0.6 is 0 Å². The van der Waals surface area contributed by atoms with Crippen LogP contribution in [0.1, 0.15) is 35.5 Å². The van der Waals surface area contributed by atoms with Crippen molar-refractivity contribution in [2.75, 3.05) is 0 Å². The minimum atomic E-state index is -0.810. The highest BCUT2D eigenvalue weighted by Gasteiger charge is 2.11. The third kappa shape index (κ3) is 2.90. The van der Waals surface area contributed by atoms with E-state index in [2.05, 4.69) is 29.8 Å². The van der Waals surface area contributed by atoms with Gasteiger partial charge in [0.25, 0.3) is 0 Å². The number of aryl methyl sites for hydroxylation is 1. The molecule has 20 heavy (non-hydrogen) atoms. The summed E-state index contributed by atoms with van der Waals surface area (Å²) in [5, 5.41) is 3.34. The summed E-state index contributed by atoms with van der Waals surface area (Å²) in [5.74, 6) is -1.61. The highest BCUT2D eigenvalue weighted by molar-refractivity contribution is 5.27. The molecule has 1 atom stereocenters. The summed E-state index contributed by atoms with van der Waals surface area (Å²) in [4.78, 5) is 0. The smallest absolute Gasteiger partial charge is 0.159 e. The maximum absolute atomic E-state index is 13.2. The van der Waals surface area contributed by atoms with Crippen molar-refractivity contribution in [1.29, 1.82) is 0 Å². The van der Waals surface area contributed by atoms with Crippen molar-refractivity contribution < 1.29 is 8.78 Å². The average Bonchev–Trinajstić information content (AvgIpc) is 2.66. The molecule has 0 spiro atoms. The fraction of sp³-hybridized carbons (Fsp3) is 0.375. The second-order valence-electron chi connectivity index (χ2n) is 5.23. The summed E-state index contributed by atoms with van der Waals surface area (Å²) >= 11 is 0. The molecule has 108 valence electrons. The van der Waals surface area contributed by atoms with E-state index in [9.17, 15) is 8.78 Å². The Morgan fingerprint density at radius 2 is 1.85 bits per heavy atom. The summed E-state index contributed by atoms with van der Waals surface area (Å²) < 4.78 is 28.3. The first-order valence-electron chi connectivity index (χ1n) is 6.70. The molecule has 2 aromatic rings. The molecule has 1 N–H and O–H groups in total. The Balaban J connectivity index is 2.06. The van der Waals surface area contributed by atoms with Gasteiger partial charge in [0.1, 0.15) is 0 Å². The number of rotatable bonds is 4. The first kappa shape index (κ1) is 14.7. The van der Waals surface area contributed by atoms with E-state index in [-0.39, 0.29) is 6.04 Å². The summed E-state index contributed by atoms with van der Waals surface area (Å²) in [5.41, 5.74) is 4.39. The van der Waals surface area contributed by atoms with Crippen molar-refractivity contribution >= 4 is 0 Å². The van der Waals surface area contributed by atoms with Gasteiger partial charge in [0.2, 0.25) is 0 Å². The SMILES string of the molecule is Cc1cc(CNC(C)c2ccc(F)c(F)c2)c(C)n1C.